The molecule has 1 unspecified atom stereocenters. The van der Waals surface area contributed by atoms with Crippen molar-refractivity contribution in [1.82, 2.24) is 15.1 Å². The first-order valence-corrected chi connectivity index (χ1v) is 8.68. The summed E-state index contributed by atoms with van der Waals surface area (Å²) in [4.78, 5) is 12.2. The van der Waals surface area contributed by atoms with Crippen molar-refractivity contribution >= 4 is 28.8 Å². The van der Waals surface area contributed by atoms with Gasteiger partial charge in [0.25, 0.3) is 0 Å². The maximum absolute atomic E-state index is 13.8. The van der Waals surface area contributed by atoms with Crippen molar-refractivity contribution in [3.8, 4) is 0 Å². The number of carbonyl (C=O) groups is 1. The number of nitrogens with zero attached hydrogens (tertiary/aromatic N) is 2. The molecule has 0 fully saturated rings. The van der Waals surface area contributed by atoms with E-state index in [-0.39, 0.29) is 29.0 Å². The summed E-state index contributed by atoms with van der Waals surface area (Å²) in [6.07, 6.45) is 3.45. The average molecular weight is 364 g/mol. The van der Waals surface area contributed by atoms with Crippen LogP contribution in [0.5, 0.6) is 0 Å². The monoisotopic (exact) mass is 363 g/mol. The normalized spacial score (nSPS) is 12.1. The zero-order valence-electron chi connectivity index (χ0n) is 12.7. The van der Waals surface area contributed by atoms with Crippen molar-refractivity contribution in [3.63, 3.8) is 0 Å². The van der Waals surface area contributed by atoms with Gasteiger partial charge in [-0.05, 0) is 40.6 Å². The quantitative estimate of drug-likeness (QED) is 0.726. The zero-order chi connectivity index (χ0) is 16.9. The predicted octanol–water partition coefficient (Wildman–Crippen LogP) is 3.69. The molecular weight excluding hydrogens is 349 g/mol. The van der Waals surface area contributed by atoms with Crippen LogP contribution in [0.15, 0.2) is 53.5 Å². The van der Waals surface area contributed by atoms with Gasteiger partial charge in [0.05, 0.1) is 12.5 Å². The van der Waals surface area contributed by atoms with Gasteiger partial charge in [-0.25, -0.2) is 4.39 Å². The number of carbonyl (C=O) groups excluding carboxylic acids is 1. The molecule has 1 N–H and O–H groups in total. The molecule has 0 aliphatic rings. The first-order chi connectivity index (χ1) is 11.6. The van der Waals surface area contributed by atoms with E-state index in [1.54, 1.807) is 28.3 Å². The van der Waals surface area contributed by atoms with E-state index in [4.69, 9.17) is 11.6 Å². The summed E-state index contributed by atoms with van der Waals surface area (Å²) in [5, 5.41) is 11.3. The van der Waals surface area contributed by atoms with Crippen LogP contribution in [-0.4, -0.2) is 22.2 Å². The largest absolute Gasteiger partial charge is 0.353 e. The SMILES string of the molecule is O=C(Cc1c(F)cccc1Cl)NCC(c1ccsc1)n1cccn1. The highest BCUT2D eigenvalue weighted by Crippen LogP contribution is 2.21. The van der Waals surface area contributed by atoms with Gasteiger partial charge < -0.3 is 5.32 Å². The highest BCUT2D eigenvalue weighted by molar-refractivity contribution is 7.07. The fourth-order valence-corrected chi connectivity index (χ4v) is 3.37. The van der Waals surface area contributed by atoms with Gasteiger partial charge in [-0.1, -0.05) is 17.7 Å². The van der Waals surface area contributed by atoms with Crippen LogP contribution in [0.1, 0.15) is 17.2 Å². The Bertz CT molecular complexity index is 751. The number of halogens is 2. The van der Waals surface area contributed by atoms with Crippen molar-refractivity contribution in [2.24, 2.45) is 0 Å². The number of thiophene rings is 1. The van der Waals surface area contributed by atoms with E-state index in [9.17, 15) is 9.18 Å². The minimum absolute atomic E-state index is 0.0963. The van der Waals surface area contributed by atoms with Gasteiger partial charge in [0.15, 0.2) is 0 Å². The van der Waals surface area contributed by atoms with Gasteiger partial charge in [0.1, 0.15) is 5.82 Å². The van der Waals surface area contributed by atoms with E-state index < -0.39 is 5.82 Å². The summed E-state index contributed by atoms with van der Waals surface area (Å²) in [5.74, 6) is -0.756. The topological polar surface area (TPSA) is 46.9 Å². The molecule has 0 saturated heterocycles. The number of aromatic nitrogens is 2. The Morgan fingerprint density at radius 2 is 2.25 bits per heavy atom. The zero-order valence-corrected chi connectivity index (χ0v) is 14.2. The fraction of sp³-hybridized carbons (Fsp3) is 0.176. The lowest BCUT2D eigenvalue weighted by molar-refractivity contribution is -0.120. The summed E-state index contributed by atoms with van der Waals surface area (Å²) in [7, 11) is 0. The lowest BCUT2D eigenvalue weighted by Gasteiger charge is -2.17. The second-order valence-corrected chi connectivity index (χ2v) is 6.43. The van der Waals surface area contributed by atoms with Crippen molar-refractivity contribution in [1.29, 1.82) is 0 Å². The summed E-state index contributed by atoms with van der Waals surface area (Å²) in [6, 6.07) is 8.12. The summed E-state index contributed by atoms with van der Waals surface area (Å²) < 4.78 is 15.6. The van der Waals surface area contributed by atoms with Crippen LogP contribution in [0.4, 0.5) is 4.39 Å². The molecule has 3 aromatic rings. The smallest absolute Gasteiger partial charge is 0.224 e. The Morgan fingerprint density at radius 1 is 1.38 bits per heavy atom. The molecule has 2 aromatic heterocycles. The minimum atomic E-state index is -0.473. The standard InChI is InChI=1S/C17H15ClFN3OS/c18-14-3-1-4-15(19)13(14)9-17(23)20-10-16(12-5-8-24-11-12)22-7-2-6-21-22/h1-8,11,16H,9-10H2,(H,20,23). The molecule has 3 rings (SSSR count). The number of rotatable bonds is 6. The summed E-state index contributed by atoms with van der Waals surface area (Å²) in [5.41, 5.74) is 1.27. The predicted molar refractivity (Wildman–Crippen MR) is 92.8 cm³/mol. The van der Waals surface area contributed by atoms with E-state index in [1.807, 2.05) is 29.1 Å². The van der Waals surface area contributed by atoms with E-state index >= 15 is 0 Å². The van der Waals surface area contributed by atoms with Crippen molar-refractivity contribution in [3.05, 3.63) is 75.5 Å². The highest BCUT2D eigenvalue weighted by Gasteiger charge is 2.17. The molecule has 4 nitrogen and oxygen atoms in total. The van der Waals surface area contributed by atoms with Crippen LogP contribution in [0.2, 0.25) is 5.02 Å². The van der Waals surface area contributed by atoms with Gasteiger partial charge in [0, 0.05) is 29.5 Å². The molecule has 7 heteroatoms. The fourth-order valence-electron chi connectivity index (χ4n) is 2.43. The Hall–Kier alpha value is -2.18. The number of hydrogen-bond donors (Lipinski definition) is 1. The van der Waals surface area contributed by atoms with E-state index in [0.29, 0.717) is 6.54 Å². The first-order valence-electron chi connectivity index (χ1n) is 7.36. The molecule has 124 valence electrons. The Kier molecular flexibility index (Phi) is 5.27. The average Bonchev–Trinajstić information content (AvgIpc) is 3.25. The van der Waals surface area contributed by atoms with Gasteiger partial charge in [0.2, 0.25) is 5.91 Å². The number of nitrogens with one attached hydrogen (secondary N) is 1. The Morgan fingerprint density at radius 3 is 2.92 bits per heavy atom. The molecule has 0 spiro atoms. The molecule has 1 aromatic carbocycles. The van der Waals surface area contributed by atoms with Crippen LogP contribution in [0.25, 0.3) is 0 Å². The van der Waals surface area contributed by atoms with Gasteiger partial charge in [-0.15, -0.1) is 0 Å². The molecule has 0 radical (unpaired) electrons. The molecule has 0 aliphatic heterocycles. The lowest BCUT2D eigenvalue weighted by Crippen LogP contribution is -2.32. The van der Waals surface area contributed by atoms with E-state index in [2.05, 4.69) is 10.4 Å². The maximum Gasteiger partial charge on any atom is 0.224 e. The molecular formula is C17H15ClFN3OS. The molecule has 0 aliphatic carbocycles. The van der Waals surface area contributed by atoms with Gasteiger partial charge in [-0.2, -0.15) is 16.4 Å². The Labute approximate surface area is 147 Å². The minimum Gasteiger partial charge on any atom is -0.353 e. The second-order valence-electron chi connectivity index (χ2n) is 5.24. The number of hydrogen-bond acceptors (Lipinski definition) is 3. The first kappa shape index (κ1) is 16.7. The van der Waals surface area contributed by atoms with Crippen molar-refractivity contribution in [2.75, 3.05) is 6.54 Å². The van der Waals surface area contributed by atoms with E-state index in [1.165, 1.54) is 12.1 Å². The third-order valence-corrected chi connectivity index (χ3v) is 4.72. The van der Waals surface area contributed by atoms with Crippen LogP contribution in [-0.2, 0) is 11.2 Å². The van der Waals surface area contributed by atoms with Gasteiger partial charge >= 0.3 is 0 Å². The number of benzene rings is 1. The van der Waals surface area contributed by atoms with Gasteiger partial charge in [-0.3, -0.25) is 9.48 Å². The van der Waals surface area contributed by atoms with Crippen LogP contribution >= 0.6 is 22.9 Å². The lowest BCUT2D eigenvalue weighted by atomic mass is 10.1. The highest BCUT2D eigenvalue weighted by atomic mass is 35.5. The van der Waals surface area contributed by atoms with Crippen molar-refractivity contribution in [2.45, 2.75) is 12.5 Å². The summed E-state index contributed by atoms with van der Waals surface area (Å²) in [6.45, 7) is 0.364. The summed E-state index contributed by atoms with van der Waals surface area (Å²) >= 11 is 7.55. The molecule has 0 saturated carbocycles. The molecule has 24 heavy (non-hydrogen) atoms. The van der Waals surface area contributed by atoms with E-state index in [0.717, 1.165) is 5.56 Å². The van der Waals surface area contributed by atoms with Crippen LogP contribution in [0.3, 0.4) is 0 Å². The molecule has 1 atom stereocenters. The third kappa shape index (κ3) is 3.83. The second kappa shape index (κ2) is 7.59. The molecule has 1 amide bonds. The third-order valence-electron chi connectivity index (χ3n) is 3.66. The van der Waals surface area contributed by atoms with Crippen LogP contribution < -0.4 is 5.32 Å². The van der Waals surface area contributed by atoms with Crippen LogP contribution in [0, 0.1) is 5.82 Å². The Balaban J connectivity index is 1.68. The maximum atomic E-state index is 13.8. The molecule has 2 heterocycles. The van der Waals surface area contributed by atoms with Crippen molar-refractivity contribution < 1.29 is 9.18 Å². The number of amides is 1. The molecule has 0 bridgehead atoms.